The lowest BCUT2D eigenvalue weighted by Gasteiger charge is -2.37. The van der Waals surface area contributed by atoms with E-state index in [4.69, 9.17) is 0 Å². The highest BCUT2D eigenvalue weighted by atomic mass is 15.2. The molecule has 1 aliphatic heterocycles. The Morgan fingerprint density at radius 3 is 2.40 bits per heavy atom. The number of hydrogen-bond acceptors (Lipinski definition) is 2. The summed E-state index contributed by atoms with van der Waals surface area (Å²) < 4.78 is 0. The Bertz CT molecular complexity index is 267. The van der Waals surface area contributed by atoms with Crippen molar-refractivity contribution in [2.75, 3.05) is 26.2 Å². The van der Waals surface area contributed by atoms with Crippen LogP contribution in [-0.4, -0.2) is 37.1 Å². The Kier molecular flexibility index (Phi) is 6.35. The lowest BCUT2D eigenvalue weighted by Crippen LogP contribution is -2.45. The maximum Gasteiger partial charge on any atom is 0.00503 e. The second-order valence-electron chi connectivity index (χ2n) is 7.75. The van der Waals surface area contributed by atoms with Crippen molar-refractivity contribution in [2.24, 2.45) is 11.3 Å². The molecule has 1 saturated carbocycles. The van der Waals surface area contributed by atoms with Gasteiger partial charge in [-0.05, 0) is 37.1 Å². The van der Waals surface area contributed by atoms with Crippen LogP contribution >= 0.6 is 0 Å². The second-order valence-corrected chi connectivity index (χ2v) is 7.75. The Balaban J connectivity index is 1.94. The molecule has 1 aliphatic carbocycles. The fourth-order valence-electron chi connectivity index (χ4n) is 4.15. The van der Waals surface area contributed by atoms with E-state index in [0.717, 1.165) is 5.92 Å². The van der Waals surface area contributed by atoms with E-state index in [1.165, 1.54) is 77.5 Å². The summed E-state index contributed by atoms with van der Waals surface area (Å²) in [6, 6.07) is 0.622. The topological polar surface area (TPSA) is 15.3 Å². The molecule has 2 fully saturated rings. The summed E-state index contributed by atoms with van der Waals surface area (Å²) >= 11 is 0. The fraction of sp³-hybridized carbons (Fsp3) is 1.00. The highest BCUT2D eigenvalue weighted by Crippen LogP contribution is 2.37. The van der Waals surface area contributed by atoms with Crippen molar-refractivity contribution in [3.63, 3.8) is 0 Å². The Morgan fingerprint density at radius 2 is 1.85 bits per heavy atom. The maximum absolute atomic E-state index is 3.76. The minimum absolute atomic E-state index is 0.559. The van der Waals surface area contributed by atoms with Crippen molar-refractivity contribution < 1.29 is 0 Å². The van der Waals surface area contributed by atoms with Crippen LogP contribution < -0.4 is 5.32 Å². The molecule has 1 saturated heterocycles. The summed E-state index contributed by atoms with van der Waals surface area (Å²) in [6.07, 6.45) is 11.5. The molecule has 2 nitrogen and oxygen atoms in total. The van der Waals surface area contributed by atoms with Gasteiger partial charge in [0.15, 0.2) is 0 Å². The first kappa shape index (κ1) is 16.3. The molecular weight excluding hydrogens is 244 g/mol. The molecule has 0 aromatic rings. The average Bonchev–Trinajstić information content (AvgIpc) is 2.75. The largest absolute Gasteiger partial charge is 0.314 e. The summed E-state index contributed by atoms with van der Waals surface area (Å²) in [7, 11) is 0. The molecule has 20 heavy (non-hydrogen) atoms. The lowest BCUT2D eigenvalue weighted by molar-refractivity contribution is 0.139. The van der Waals surface area contributed by atoms with Crippen molar-refractivity contribution in [1.29, 1.82) is 0 Å². The molecule has 2 heteroatoms. The molecule has 2 rings (SSSR count). The molecule has 0 radical (unpaired) electrons. The molecule has 0 aromatic heterocycles. The minimum Gasteiger partial charge on any atom is -0.314 e. The zero-order chi connectivity index (χ0) is 14.4. The van der Waals surface area contributed by atoms with Gasteiger partial charge in [0, 0.05) is 25.7 Å². The summed E-state index contributed by atoms with van der Waals surface area (Å²) in [5.74, 6) is 0.968. The van der Waals surface area contributed by atoms with E-state index in [2.05, 4.69) is 31.0 Å². The zero-order valence-electron chi connectivity index (χ0n) is 14.1. The van der Waals surface area contributed by atoms with Gasteiger partial charge in [-0.25, -0.2) is 0 Å². The van der Waals surface area contributed by atoms with Gasteiger partial charge in [0.05, 0.1) is 0 Å². The minimum atomic E-state index is 0.559. The molecule has 0 spiro atoms. The van der Waals surface area contributed by atoms with Crippen molar-refractivity contribution in [2.45, 2.75) is 78.2 Å². The standard InChI is InChI=1S/C18H36N2/c1-4-17-9-12-20(13-17)15-18(14-19-16(2)3)10-7-5-6-8-11-18/h16-17,19H,4-15H2,1-3H3. The van der Waals surface area contributed by atoms with E-state index < -0.39 is 0 Å². The van der Waals surface area contributed by atoms with E-state index in [-0.39, 0.29) is 0 Å². The lowest BCUT2D eigenvalue weighted by atomic mass is 9.79. The van der Waals surface area contributed by atoms with Gasteiger partial charge in [-0.3, -0.25) is 0 Å². The van der Waals surface area contributed by atoms with Crippen LogP contribution in [-0.2, 0) is 0 Å². The SMILES string of the molecule is CCC1CCN(CC2(CNC(C)C)CCCCCC2)C1. The number of likely N-dealkylation sites (tertiary alicyclic amines) is 1. The van der Waals surface area contributed by atoms with E-state index >= 15 is 0 Å². The monoisotopic (exact) mass is 280 g/mol. The molecule has 0 aromatic carbocycles. The van der Waals surface area contributed by atoms with Crippen LogP contribution in [0.25, 0.3) is 0 Å². The third-order valence-corrected chi connectivity index (χ3v) is 5.56. The fourth-order valence-corrected chi connectivity index (χ4v) is 4.15. The average molecular weight is 280 g/mol. The quantitative estimate of drug-likeness (QED) is 0.738. The molecule has 0 bridgehead atoms. The molecule has 118 valence electrons. The Labute approximate surface area is 126 Å². The van der Waals surface area contributed by atoms with E-state index in [0.29, 0.717) is 11.5 Å². The summed E-state index contributed by atoms with van der Waals surface area (Å²) in [5, 5.41) is 3.76. The van der Waals surface area contributed by atoms with E-state index in [9.17, 15) is 0 Å². The summed E-state index contributed by atoms with van der Waals surface area (Å²) in [5.41, 5.74) is 0.559. The third kappa shape index (κ3) is 4.73. The molecule has 2 aliphatic rings. The first-order valence-corrected chi connectivity index (χ1v) is 9.09. The van der Waals surface area contributed by atoms with Gasteiger partial charge in [0.1, 0.15) is 0 Å². The summed E-state index contributed by atoms with van der Waals surface area (Å²) in [6.45, 7) is 12.2. The molecular formula is C18H36N2. The molecule has 1 N–H and O–H groups in total. The predicted molar refractivity (Wildman–Crippen MR) is 88.1 cm³/mol. The number of nitrogens with one attached hydrogen (secondary N) is 1. The van der Waals surface area contributed by atoms with Crippen molar-refractivity contribution in [3.8, 4) is 0 Å². The van der Waals surface area contributed by atoms with Crippen LogP contribution in [0, 0.1) is 11.3 Å². The summed E-state index contributed by atoms with van der Waals surface area (Å²) in [4.78, 5) is 2.78. The van der Waals surface area contributed by atoms with Crippen LogP contribution in [0.3, 0.4) is 0 Å². The maximum atomic E-state index is 3.76. The van der Waals surface area contributed by atoms with Crippen LogP contribution in [0.2, 0.25) is 0 Å². The van der Waals surface area contributed by atoms with Gasteiger partial charge in [0.2, 0.25) is 0 Å². The smallest absolute Gasteiger partial charge is 0.00503 e. The highest BCUT2D eigenvalue weighted by molar-refractivity contribution is 4.89. The van der Waals surface area contributed by atoms with E-state index in [1.54, 1.807) is 0 Å². The Morgan fingerprint density at radius 1 is 1.15 bits per heavy atom. The first-order chi connectivity index (χ1) is 9.63. The molecule has 1 heterocycles. The second kappa shape index (κ2) is 7.79. The van der Waals surface area contributed by atoms with E-state index in [1.807, 2.05) is 0 Å². The molecule has 0 amide bonds. The normalized spacial score (nSPS) is 27.9. The molecule has 1 unspecified atom stereocenters. The van der Waals surface area contributed by atoms with Crippen molar-refractivity contribution in [1.82, 2.24) is 10.2 Å². The number of rotatable bonds is 6. The first-order valence-electron chi connectivity index (χ1n) is 9.09. The van der Waals surface area contributed by atoms with Gasteiger partial charge in [-0.15, -0.1) is 0 Å². The number of hydrogen-bond donors (Lipinski definition) is 1. The van der Waals surface area contributed by atoms with Crippen LogP contribution in [0.1, 0.15) is 72.1 Å². The Hall–Kier alpha value is -0.0800. The zero-order valence-corrected chi connectivity index (χ0v) is 14.1. The van der Waals surface area contributed by atoms with Crippen molar-refractivity contribution >= 4 is 0 Å². The van der Waals surface area contributed by atoms with Gasteiger partial charge in [-0.2, -0.15) is 0 Å². The van der Waals surface area contributed by atoms with Crippen LogP contribution in [0.4, 0.5) is 0 Å². The van der Waals surface area contributed by atoms with Crippen molar-refractivity contribution in [3.05, 3.63) is 0 Å². The van der Waals surface area contributed by atoms with Gasteiger partial charge in [-0.1, -0.05) is 52.9 Å². The molecule has 1 atom stereocenters. The highest BCUT2D eigenvalue weighted by Gasteiger charge is 2.34. The van der Waals surface area contributed by atoms with Gasteiger partial charge in [0.25, 0.3) is 0 Å². The van der Waals surface area contributed by atoms with Gasteiger partial charge < -0.3 is 10.2 Å². The third-order valence-electron chi connectivity index (χ3n) is 5.56. The number of nitrogens with zero attached hydrogens (tertiary/aromatic N) is 1. The van der Waals surface area contributed by atoms with Crippen LogP contribution in [0.15, 0.2) is 0 Å². The van der Waals surface area contributed by atoms with Crippen LogP contribution in [0.5, 0.6) is 0 Å². The van der Waals surface area contributed by atoms with Gasteiger partial charge >= 0.3 is 0 Å². The predicted octanol–water partition coefficient (Wildman–Crippen LogP) is 4.06.